The summed E-state index contributed by atoms with van der Waals surface area (Å²) in [5, 5.41) is 3.83. The molecule has 1 aromatic carbocycles. The Morgan fingerprint density at radius 2 is 1.80 bits per heavy atom. The van der Waals surface area contributed by atoms with Crippen molar-refractivity contribution in [2.24, 2.45) is 11.8 Å². The van der Waals surface area contributed by atoms with Crippen molar-refractivity contribution < 1.29 is 14.3 Å². The van der Waals surface area contributed by atoms with Crippen LogP contribution in [0.2, 0.25) is 10.0 Å². The lowest BCUT2D eigenvalue weighted by Crippen LogP contribution is -2.30. The van der Waals surface area contributed by atoms with E-state index in [0.29, 0.717) is 28.1 Å². The molecule has 0 bridgehead atoms. The van der Waals surface area contributed by atoms with Gasteiger partial charge in [-0.05, 0) is 42.9 Å². The van der Waals surface area contributed by atoms with Gasteiger partial charge in [0.1, 0.15) is 0 Å². The summed E-state index contributed by atoms with van der Waals surface area (Å²) in [6.45, 7) is 0.697. The highest BCUT2D eigenvalue weighted by molar-refractivity contribution is 6.36. The normalized spacial score (nSPS) is 22.5. The smallest absolute Gasteiger partial charge is 0.337 e. The Labute approximate surface area is 158 Å². The lowest BCUT2D eigenvalue weighted by molar-refractivity contribution is -0.123. The first-order valence-corrected chi connectivity index (χ1v) is 9.63. The standard InChI is InChI=1S/C19H23Cl2NO3/c1-25-19(24)12-9-14(20)17(15(21)10-12)16(11-5-3-2-4-6-11)13-7-8-22-18(13)23/h9-11,13,16H,2-8H2,1H3,(H,22,23). The first-order chi connectivity index (χ1) is 12.0. The van der Waals surface area contributed by atoms with Crippen LogP contribution in [-0.2, 0) is 9.53 Å². The van der Waals surface area contributed by atoms with Crippen molar-refractivity contribution >= 4 is 35.1 Å². The zero-order valence-corrected chi connectivity index (χ0v) is 15.8. The topological polar surface area (TPSA) is 55.4 Å². The molecule has 1 amide bonds. The van der Waals surface area contributed by atoms with E-state index < -0.39 is 5.97 Å². The Morgan fingerprint density at radius 1 is 1.16 bits per heavy atom. The maximum Gasteiger partial charge on any atom is 0.337 e. The van der Waals surface area contributed by atoms with Crippen molar-refractivity contribution in [1.82, 2.24) is 5.32 Å². The Morgan fingerprint density at radius 3 is 2.32 bits per heavy atom. The van der Waals surface area contributed by atoms with Gasteiger partial charge in [0.15, 0.2) is 0 Å². The highest BCUT2D eigenvalue weighted by atomic mass is 35.5. The van der Waals surface area contributed by atoms with Crippen LogP contribution in [0.4, 0.5) is 0 Å². The van der Waals surface area contributed by atoms with Gasteiger partial charge in [-0.2, -0.15) is 0 Å². The van der Waals surface area contributed by atoms with Crippen molar-refractivity contribution in [2.75, 3.05) is 13.7 Å². The maximum absolute atomic E-state index is 12.4. The van der Waals surface area contributed by atoms with E-state index in [1.165, 1.54) is 26.4 Å². The van der Waals surface area contributed by atoms with E-state index in [-0.39, 0.29) is 17.7 Å². The third kappa shape index (κ3) is 3.80. The van der Waals surface area contributed by atoms with Gasteiger partial charge in [0.2, 0.25) is 5.91 Å². The van der Waals surface area contributed by atoms with Gasteiger partial charge in [-0.1, -0.05) is 42.5 Å². The fraction of sp³-hybridized carbons (Fsp3) is 0.579. The predicted molar refractivity (Wildman–Crippen MR) is 98.2 cm³/mol. The number of benzene rings is 1. The molecule has 1 heterocycles. The van der Waals surface area contributed by atoms with Crippen LogP contribution < -0.4 is 5.32 Å². The van der Waals surface area contributed by atoms with E-state index in [9.17, 15) is 9.59 Å². The minimum Gasteiger partial charge on any atom is -0.465 e. The number of carbonyl (C=O) groups excluding carboxylic acids is 2. The van der Waals surface area contributed by atoms with Crippen molar-refractivity contribution in [3.63, 3.8) is 0 Å². The number of hydrogen-bond acceptors (Lipinski definition) is 3. The second-order valence-electron chi connectivity index (χ2n) is 6.96. The van der Waals surface area contributed by atoms with Crippen molar-refractivity contribution in [2.45, 2.75) is 44.4 Å². The molecular weight excluding hydrogens is 361 g/mol. The molecule has 1 aromatic rings. The molecule has 1 saturated carbocycles. The SMILES string of the molecule is COC(=O)c1cc(Cl)c(C(C2CCCCC2)C2CCNC2=O)c(Cl)c1. The van der Waals surface area contributed by atoms with Crippen LogP contribution in [0.1, 0.15) is 60.4 Å². The first-order valence-electron chi connectivity index (χ1n) is 8.88. The summed E-state index contributed by atoms with van der Waals surface area (Å²) < 4.78 is 4.76. The van der Waals surface area contributed by atoms with Crippen LogP contribution in [0, 0.1) is 11.8 Å². The molecule has 3 rings (SSSR count). The van der Waals surface area contributed by atoms with Gasteiger partial charge in [-0.3, -0.25) is 4.79 Å². The number of halogens is 2. The molecule has 2 unspecified atom stereocenters. The number of ether oxygens (including phenoxy) is 1. The number of amides is 1. The van der Waals surface area contributed by atoms with Crippen LogP contribution in [0.3, 0.4) is 0 Å². The third-order valence-corrected chi connectivity index (χ3v) is 6.14. The largest absolute Gasteiger partial charge is 0.465 e. The molecule has 6 heteroatoms. The molecule has 0 radical (unpaired) electrons. The molecule has 0 aromatic heterocycles. The molecule has 1 saturated heterocycles. The Bertz CT molecular complexity index is 648. The zero-order chi connectivity index (χ0) is 18.0. The summed E-state index contributed by atoms with van der Waals surface area (Å²) in [6.07, 6.45) is 6.55. The van der Waals surface area contributed by atoms with E-state index in [1.54, 1.807) is 12.1 Å². The zero-order valence-electron chi connectivity index (χ0n) is 14.3. The van der Waals surface area contributed by atoms with Gasteiger partial charge in [0.25, 0.3) is 0 Å². The quantitative estimate of drug-likeness (QED) is 0.774. The van der Waals surface area contributed by atoms with E-state index >= 15 is 0 Å². The van der Waals surface area contributed by atoms with Gasteiger partial charge in [0.05, 0.1) is 12.7 Å². The minimum absolute atomic E-state index is 0.00510. The van der Waals surface area contributed by atoms with E-state index in [0.717, 1.165) is 24.8 Å². The van der Waals surface area contributed by atoms with Crippen molar-refractivity contribution in [3.05, 3.63) is 33.3 Å². The fourth-order valence-corrected chi connectivity index (χ4v) is 5.09. The number of rotatable bonds is 4. The summed E-state index contributed by atoms with van der Waals surface area (Å²) >= 11 is 13.1. The summed E-state index contributed by atoms with van der Waals surface area (Å²) in [4.78, 5) is 24.2. The van der Waals surface area contributed by atoms with Crippen LogP contribution in [0.25, 0.3) is 0 Å². The summed E-state index contributed by atoms with van der Waals surface area (Å²) in [5.74, 6) is -0.110. The average Bonchev–Trinajstić information content (AvgIpc) is 3.03. The minimum atomic E-state index is -0.469. The molecule has 4 nitrogen and oxygen atoms in total. The van der Waals surface area contributed by atoms with Gasteiger partial charge >= 0.3 is 5.97 Å². The molecule has 2 fully saturated rings. The predicted octanol–water partition coefficient (Wildman–Crippen LogP) is 4.58. The first kappa shape index (κ1) is 18.5. The number of esters is 1. The van der Waals surface area contributed by atoms with Crippen molar-refractivity contribution in [3.8, 4) is 0 Å². The van der Waals surface area contributed by atoms with Crippen molar-refractivity contribution in [1.29, 1.82) is 0 Å². The molecular formula is C19H23Cl2NO3. The van der Waals surface area contributed by atoms with Gasteiger partial charge in [-0.25, -0.2) is 4.79 Å². The molecule has 1 aliphatic heterocycles. The van der Waals surface area contributed by atoms with E-state index in [2.05, 4.69) is 5.32 Å². The number of hydrogen-bond donors (Lipinski definition) is 1. The maximum atomic E-state index is 12.4. The average molecular weight is 384 g/mol. The van der Waals surface area contributed by atoms with Crippen LogP contribution >= 0.6 is 23.2 Å². The fourth-order valence-electron chi connectivity index (χ4n) is 4.35. The Balaban J connectivity index is 2.03. The Hall–Kier alpha value is -1.26. The molecule has 25 heavy (non-hydrogen) atoms. The molecule has 2 aliphatic rings. The van der Waals surface area contributed by atoms with E-state index in [1.807, 2.05) is 0 Å². The van der Waals surface area contributed by atoms with Crippen LogP contribution in [-0.4, -0.2) is 25.5 Å². The van der Waals surface area contributed by atoms with Gasteiger partial charge in [-0.15, -0.1) is 0 Å². The highest BCUT2D eigenvalue weighted by Gasteiger charge is 2.40. The summed E-state index contributed by atoms with van der Waals surface area (Å²) in [7, 11) is 1.33. The number of nitrogens with one attached hydrogen (secondary N) is 1. The molecule has 1 N–H and O–H groups in total. The number of methoxy groups -OCH3 is 1. The lowest BCUT2D eigenvalue weighted by atomic mass is 9.70. The Kier molecular flexibility index (Phi) is 5.90. The molecule has 1 aliphatic carbocycles. The highest BCUT2D eigenvalue weighted by Crippen LogP contribution is 2.47. The summed E-state index contributed by atoms with van der Waals surface area (Å²) in [6, 6.07) is 3.22. The second-order valence-corrected chi connectivity index (χ2v) is 7.77. The summed E-state index contributed by atoms with van der Waals surface area (Å²) in [5.41, 5.74) is 1.14. The molecule has 2 atom stereocenters. The lowest BCUT2D eigenvalue weighted by Gasteiger charge is -2.34. The van der Waals surface area contributed by atoms with Gasteiger partial charge in [0, 0.05) is 28.4 Å². The molecule has 136 valence electrons. The number of carbonyl (C=O) groups is 2. The molecule has 0 spiro atoms. The monoisotopic (exact) mass is 383 g/mol. The second kappa shape index (κ2) is 7.96. The third-order valence-electron chi connectivity index (χ3n) is 5.52. The van der Waals surface area contributed by atoms with Gasteiger partial charge < -0.3 is 10.1 Å². The van der Waals surface area contributed by atoms with Crippen LogP contribution in [0.15, 0.2) is 12.1 Å². The van der Waals surface area contributed by atoms with Crippen LogP contribution in [0.5, 0.6) is 0 Å². The van der Waals surface area contributed by atoms with E-state index in [4.69, 9.17) is 27.9 Å².